The molecule has 0 aromatic heterocycles. The molecule has 2 rings (SSSR count). The van der Waals surface area contributed by atoms with E-state index < -0.39 is 5.97 Å². The van der Waals surface area contributed by atoms with E-state index in [0.29, 0.717) is 17.8 Å². The molecule has 0 radical (unpaired) electrons. The average molecular weight is 354 g/mol. The molecular formula is C21H26N2O3. The van der Waals surface area contributed by atoms with Gasteiger partial charge in [-0.1, -0.05) is 29.8 Å². The molecule has 5 nitrogen and oxygen atoms in total. The van der Waals surface area contributed by atoms with E-state index in [-0.39, 0.29) is 12.5 Å². The molecule has 5 heteroatoms. The van der Waals surface area contributed by atoms with E-state index in [1.54, 1.807) is 18.2 Å². The van der Waals surface area contributed by atoms with Crippen molar-refractivity contribution in [3.63, 3.8) is 0 Å². The molecule has 0 bridgehead atoms. The second kappa shape index (κ2) is 8.63. The van der Waals surface area contributed by atoms with Crippen LogP contribution in [0.3, 0.4) is 0 Å². The van der Waals surface area contributed by atoms with Gasteiger partial charge in [-0.15, -0.1) is 0 Å². The number of carbonyl (C=O) groups excluding carboxylic acids is 2. The number of methoxy groups -OCH3 is 1. The van der Waals surface area contributed by atoms with Gasteiger partial charge in [0.15, 0.2) is 0 Å². The van der Waals surface area contributed by atoms with Crippen molar-refractivity contribution in [2.75, 3.05) is 26.0 Å². The van der Waals surface area contributed by atoms with Crippen molar-refractivity contribution >= 4 is 17.6 Å². The lowest BCUT2D eigenvalue weighted by Crippen LogP contribution is -2.30. The van der Waals surface area contributed by atoms with Crippen molar-refractivity contribution in [1.82, 2.24) is 4.90 Å². The third kappa shape index (κ3) is 5.17. The Balaban J connectivity index is 2.00. The Hall–Kier alpha value is -2.66. The number of carbonyl (C=O) groups is 2. The Morgan fingerprint density at radius 2 is 1.77 bits per heavy atom. The highest BCUT2D eigenvalue weighted by atomic mass is 16.5. The van der Waals surface area contributed by atoms with Gasteiger partial charge in [0, 0.05) is 12.2 Å². The van der Waals surface area contributed by atoms with Crippen LogP contribution in [0.25, 0.3) is 0 Å². The minimum Gasteiger partial charge on any atom is -0.465 e. The van der Waals surface area contributed by atoms with Gasteiger partial charge in [0.2, 0.25) is 5.91 Å². The first kappa shape index (κ1) is 19.7. The molecule has 1 amide bonds. The van der Waals surface area contributed by atoms with E-state index in [9.17, 15) is 9.59 Å². The van der Waals surface area contributed by atoms with E-state index in [1.165, 1.54) is 23.8 Å². The molecule has 0 aliphatic carbocycles. The summed E-state index contributed by atoms with van der Waals surface area (Å²) in [5.41, 5.74) is 5.58. The Bertz CT molecular complexity index is 815. The summed E-state index contributed by atoms with van der Waals surface area (Å²) >= 11 is 0. The summed E-state index contributed by atoms with van der Waals surface area (Å²) in [6.07, 6.45) is 0. The molecule has 0 atom stereocenters. The maximum atomic E-state index is 12.4. The van der Waals surface area contributed by atoms with Gasteiger partial charge < -0.3 is 10.1 Å². The van der Waals surface area contributed by atoms with Crippen molar-refractivity contribution in [3.05, 3.63) is 64.2 Å². The molecule has 2 aromatic carbocycles. The van der Waals surface area contributed by atoms with E-state index in [0.717, 1.165) is 5.56 Å². The lowest BCUT2D eigenvalue weighted by Gasteiger charge is -2.18. The Morgan fingerprint density at radius 3 is 2.42 bits per heavy atom. The molecule has 0 aliphatic rings. The van der Waals surface area contributed by atoms with Crippen LogP contribution in [-0.4, -0.2) is 37.5 Å². The smallest absolute Gasteiger partial charge is 0.337 e. The topological polar surface area (TPSA) is 58.6 Å². The van der Waals surface area contributed by atoms with Crippen LogP contribution in [0.1, 0.15) is 32.6 Å². The molecular weight excluding hydrogens is 328 g/mol. The average Bonchev–Trinajstić information content (AvgIpc) is 2.58. The SMILES string of the molecule is COC(=O)c1ccc(C)c(NC(=O)CN(C)Cc2ccc(C)cc2C)c1. The number of esters is 1. The third-order valence-electron chi connectivity index (χ3n) is 4.28. The van der Waals surface area contributed by atoms with Gasteiger partial charge in [0.1, 0.15) is 0 Å². The molecule has 2 aromatic rings. The fourth-order valence-corrected chi connectivity index (χ4v) is 2.81. The number of anilines is 1. The van der Waals surface area contributed by atoms with Gasteiger partial charge >= 0.3 is 5.97 Å². The highest BCUT2D eigenvalue weighted by Crippen LogP contribution is 2.18. The summed E-state index contributed by atoms with van der Waals surface area (Å²) in [5.74, 6) is -0.546. The van der Waals surface area contributed by atoms with E-state index in [2.05, 4.69) is 37.4 Å². The number of nitrogens with one attached hydrogen (secondary N) is 1. The molecule has 0 saturated heterocycles. The summed E-state index contributed by atoms with van der Waals surface area (Å²) in [7, 11) is 3.25. The first-order valence-electron chi connectivity index (χ1n) is 8.53. The fourth-order valence-electron chi connectivity index (χ4n) is 2.81. The maximum absolute atomic E-state index is 12.4. The van der Waals surface area contributed by atoms with Gasteiger partial charge in [0.05, 0.1) is 19.2 Å². The largest absolute Gasteiger partial charge is 0.465 e. The van der Waals surface area contributed by atoms with Crippen molar-refractivity contribution in [3.8, 4) is 0 Å². The Kier molecular flexibility index (Phi) is 6.52. The van der Waals surface area contributed by atoms with Crippen LogP contribution >= 0.6 is 0 Å². The van der Waals surface area contributed by atoms with Gasteiger partial charge in [-0.3, -0.25) is 9.69 Å². The minimum absolute atomic E-state index is 0.123. The molecule has 0 unspecified atom stereocenters. The van der Waals surface area contributed by atoms with Gasteiger partial charge in [-0.05, 0) is 56.6 Å². The van der Waals surface area contributed by atoms with Crippen molar-refractivity contribution < 1.29 is 14.3 Å². The van der Waals surface area contributed by atoms with Crippen molar-refractivity contribution in [2.45, 2.75) is 27.3 Å². The second-order valence-electron chi connectivity index (χ2n) is 6.67. The monoisotopic (exact) mass is 354 g/mol. The number of hydrogen-bond donors (Lipinski definition) is 1. The summed E-state index contributed by atoms with van der Waals surface area (Å²) < 4.78 is 4.73. The lowest BCUT2D eigenvalue weighted by atomic mass is 10.1. The van der Waals surface area contributed by atoms with Crippen LogP contribution in [0, 0.1) is 20.8 Å². The molecule has 0 fully saturated rings. The van der Waals surface area contributed by atoms with Crippen LogP contribution in [0.4, 0.5) is 5.69 Å². The van der Waals surface area contributed by atoms with Gasteiger partial charge in [0.25, 0.3) is 0 Å². The number of rotatable bonds is 6. The molecule has 1 N–H and O–H groups in total. The number of nitrogens with zero attached hydrogens (tertiary/aromatic N) is 1. The number of amides is 1. The first-order chi connectivity index (χ1) is 12.3. The third-order valence-corrected chi connectivity index (χ3v) is 4.28. The van der Waals surface area contributed by atoms with Gasteiger partial charge in [-0.25, -0.2) is 4.79 Å². The van der Waals surface area contributed by atoms with E-state index >= 15 is 0 Å². The van der Waals surface area contributed by atoms with Crippen LogP contribution in [0.2, 0.25) is 0 Å². The fraction of sp³-hybridized carbons (Fsp3) is 0.333. The van der Waals surface area contributed by atoms with Crippen molar-refractivity contribution in [1.29, 1.82) is 0 Å². The quantitative estimate of drug-likeness (QED) is 0.807. The van der Waals surface area contributed by atoms with Crippen LogP contribution in [0.5, 0.6) is 0 Å². The predicted octanol–water partition coefficient (Wildman–Crippen LogP) is 3.47. The maximum Gasteiger partial charge on any atom is 0.337 e. The highest BCUT2D eigenvalue weighted by Gasteiger charge is 2.12. The summed E-state index contributed by atoms with van der Waals surface area (Å²) in [4.78, 5) is 26.0. The van der Waals surface area contributed by atoms with Crippen molar-refractivity contribution in [2.24, 2.45) is 0 Å². The first-order valence-corrected chi connectivity index (χ1v) is 8.53. The Morgan fingerprint density at radius 1 is 1.04 bits per heavy atom. The number of hydrogen-bond acceptors (Lipinski definition) is 4. The van der Waals surface area contributed by atoms with Gasteiger partial charge in [-0.2, -0.15) is 0 Å². The lowest BCUT2D eigenvalue weighted by molar-refractivity contribution is -0.117. The molecule has 0 heterocycles. The zero-order valence-electron chi connectivity index (χ0n) is 16.1. The van der Waals surface area contributed by atoms with E-state index in [4.69, 9.17) is 4.74 Å². The molecule has 0 spiro atoms. The van der Waals surface area contributed by atoms with Crippen LogP contribution in [-0.2, 0) is 16.1 Å². The number of likely N-dealkylation sites (N-methyl/N-ethyl adjacent to an activating group) is 1. The van der Waals surface area contributed by atoms with Crippen LogP contribution < -0.4 is 5.32 Å². The summed E-state index contributed by atoms with van der Waals surface area (Å²) in [5, 5.41) is 2.88. The molecule has 0 saturated carbocycles. The minimum atomic E-state index is -0.424. The summed E-state index contributed by atoms with van der Waals surface area (Å²) in [6, 6.07) is 11.4. The number of benzene rings is 2. The molecule has 138 valence electrons. The summed E-state index contributed by atoms with van der Waals surface area (Å²) in [6.45, 7) is 6.99. The number of aryl methyl sites for hydroxylation is 3. The zero-order chi connectivity index (χ0) is 19.3. The Labute approximate surface area is 155 Å². The molecule has 26 heavy (non-hydrogen) atoms. The van der Waals surface area contributed by atoms with E-state index in [1.807, 2.05) is 18.9 Å². The highest BCUT2D eigenvalue weighted by molar-refractivity contribution is 5.96. The second-order valence-corrected chi connectivity index (χ2v) is 6.67. The predicted molar refractivity (Wildman–Crippen MR) is 103 cm³/mol. The standard InChI is InChI=1S/C21H26N2O3/c1-14-6-8-18(16(3)10-14)12-23(4)13-20(24)22-19-11-17(21(25)26-5)9-7-15(19)2/h6-11H,12-13H2,1-5H3,(H,22,24). The number of ether oxygens (including phenoxy) is 1. The van der Waals surface area contributed by atoms with Crippen LogP contribution in [0.15, 0.2) is 36.4 Å². The normalized spacial score (nSPS) is 10.7. The molecule has 0 aliphatic heterocycles. The zero-order valence-corrected chi connectivity index (χ0v) is 16.1.